The minimum absolute atomic E-state index is 0.0966. The number of H-pyrrole nitrogens is 1. The third-order valence-electron chi connectivity index (χ3n) is 7.46. The largest absolute Gasteiger partial charge is 0.354 e. The molecular weight excluding hydrogens is 392 g/mol. The van der Waals surface area contributed by atoms with E-state index in [1.807, 2.05) is 6.07 Å². The number of aromatic amines is 1. The predicted molar refractivity (Wildman–Crippen MR) is 129 cm³/mol. The lowest BCUT2D eigenvalue weighted by Gasteiger charge is -2.31. The monoisotopic (exact) mass is 420 g/mol. The van der Waals surface area contributed by atoms with Crippen LogP contribution >= 0.6 is 0 Å². The number of amides is 1. The minimum atomic E-state index is 0.0966. The van der Waals surface area contributed by atoms with Crippen LogP contribution in [0.3, 0.4) is 0 Å². The highest BCUT2D eigenvalue weighted by molar-refractivity contribution is 5.93. The number of aromatic nitrogens is 1. The molecule has 3 nitrogen and oxygen atoms in total. The van der Waals surface area contributed by atoms with Crippen LogP contribution in [0.4, 0.5) is 0 Å². The normalized spacial score (nSPS) is 22.9. The first-order chi connectivity index (χ1) is 15.8. The number of nitrogens with one attached hydrogen (secondary N) is 1. The van der Waals surface area contributed by atoms with Crippen molar-refractivity contribution in [3.8, 4) is 11.3 Å². The van der Waals surface area contributed by atoms with Crippen LogP contribution in [-0.4, -0.2) is 15.8 Å². The van der Waals surface area contributed by atoms with Gasteiger partial charge in [0.15, 0.2) is 0 Å². The highest BCUT2D eigenvalue weighted by Crippen LogP contribution is 2.52. The summed E-state index contributed by atoms with van der Waals surface area (Å²) in [6.45, 7) is 0.672. The fourth-order valence-electron chi connectivity index (χ4n) is 6.05. The van der Waals surface area contributed by atoms with E-state index in [-0.39, 0.29) is 12.0 Å². The van der Waals surface area contributed by atoms with Gasteiger partial charge in [0, 0.05) is 28.9 Å². The highest BCUT2D eigenvalue weighted by atomic mass is 16.2. The van der Waals surface area contributed by atoms with Crippen LogP contribution in [0.15, 0.2) is 84.9 Å². The number of hydrogen-bond acceptors (Lipinski definition) is 1. The van der Waals surface area contributed by atoms with E-state index in [1.54, 1.807) is 0 Å². The van der Waals surface area contributed by atoms with Crippen LogP contribution in [0.5, 0.6) is 0 Å². The van der Waals surface area contributed by atoms with Crippen LogP contribution in [0, 0.1) is 11.8 Å². The second-order valence-corrected chi connectivity index (χ2v) is 9.28. The Balaban J connectivity index is 1.55. The quantitative estimate of drug-likeness (QED) is 0.391. The molecule has 32 heavy (non-hydrogen) atoms. The van der Waals surface area contributed by atoms with Crippen molar-refractivity contribution in [2.45, 2.75) is 38.3 Å². The average molecular weight is 421 g/mol. The van der Waals surface area contributed by atoms with E-state index < -0.39 is 0 Å². The van der Waals surface area contributed by atoms with E-state index >= 15 is 0 Å². The third kappa shape index (κ3) is 3.15. The Morgan fingerprint density at radius 2 is 1.50 bits per heavy atom. The number of hydrogen-bond donors (Lipinski definition) is 1. The molecule has 2 heterocycles. The summed E-state index contributed by atoms with van der Waals surface area (Å²) in [5, 5.41) is 1.24. The number of benzene rings is 3. The lowest BCUT2D eigenvalue weighted by atomic mass is 9.76. The van der Waals surface area contributed by atoms with Crippen molar-refractivity contribution in [1.29, 1.82) is 0 Å². The smallest absolute Gasteiger partial charge is 0.226 e. The zero-order chi connectivity index (χ0) is 21.5. The Morgan fingerprint density at radius 1 is 0.812 bits per heavy atom. The van der Waals surface area contributed by atoms with Gasteiger partial charge in [0.25, 0.3) is 0 Å². The summed E-state index contributed by atoms with van der Waals surface area (Å²) in [7, 11) is 0. The molecule has 1 N–H and O–H groups in total. The summed E-state index contributed by atoms with van der Waals surface area (Å²) < 4.78 is 0. The van der Waals surface area contributed by atoms with Crippen LogP contribution in [0.1, 0.15) is 42.9 Å². The molecule has 1 aromatic heterocycles. The fraction of sp³-hybridized carbons (Fsp3) is 0.276. The zero-order valence-corrected chi connectivity index (χ0v) is 18.2. The van der Waals surface area contributed by atoms with E-state index in [9.17, 15) is 4.79 Å². The average Bonchev–Trinajstić information content (AvgIpc) is 3.36. The van der Waals surface area contributed by atoms with Crippen molar-refractivity contribution < 1.29 is 4.79 Å². The molecule has 1 aliphatic carbocycles. The number of likely N-dealkylation sites (tertiary alicyclic amines) is 1. The van der Waals surface area contributed by atoms with Gasteiger partial charge in [-0.2, -0.15) is 0 Å². The van der Waals surface area contributed by atoms with Crippen LogP contribution in [-0.2, 0) is 11.3 Å². The van der Waals surface area contributed by atoms with Crippen molar-refractivity contribution in [2.75, 3.05) is 0 Å². The maximum atomic E-state index is 13.7. The summed E-state index contributed by atoms with van der Waals surface area (Å²) in [6.07, 6.45) is 4.53. The van der Waals surface area contributed by atoms with E-state index in [4.69, 9.17) is 0 Å². The minimum Gasteiger partial charge on any atom is -0.354 e. The number of carbonyl (C=O) groups excluding carboxylic acids is 1. The first-order valence-electron chi connectivity index (χ1n) is 11.8. The summed E-state index contributed by atoms with van der Waals surface area (Å²) in [4.78, 5) is 19.7. The Bertz CT molecular complexity index is 1240. The van der Waals surface area contributed by atoms with E-state index in [0.717, 1.165) is 30.5 Å². The summed E-state index contributed by atoms with van der Waals surface area (Å²) in [6, 6.07) is 29.7. The molecule has 3 unspecified atom stereocenters. The molecule has 2 aliphatic rings. The first kappa shape index (κ1) is 19.4. The second kappa shape index (κ2) is 7.98. The number of carbonyl (C=O) groups is 1. The number of nitrogens with zero attached hydrogens (tertiary/aromatic N) is 1. The van der Waals surface area contributed by atoms with E-state index in [1.165, 1.54) is 28.5 Å². The topological polar surface area (TPSA) is 36.1 Å². The van der Waals surface area contributed by atoms with Gasteiger partial charge in [0.2, 0.25) is 5.91 Å². The van der Waals surface area contributed by atoms with Gasteiger partial charge in [-0.05, 0) is 36.0 Å². The second-order valence-electron chi connectivity index (χ2n) is 9.28. The molecule has 3 heteroatoms. The van der Waals surface area contributed by atoms with Gasteiger partial charge in [-0.3, -0.25) is 4.79 Å². The fourth-order valence-corrected chi connectivity index (χ4v) is 6.05. The van der Waals surface area contributed by atoms with E-state index in [2.05, 4.69) is 88.7 Å². The molecule has 6 rings (SSSR count). The molecule has 0 spiro atoms. The Kier molecular flexibility index (Phi) is 4.83. The third-order valence-corrected chi connectivity index (χ3v) is 7.46. The lowest BCUT2D eigenvalue weighted by molar-refractivity contribution is -0.133. The molecular formula is C29H28N2O. The maximum absolute atomic E-state index is 13.7. The Labute approximate surface area is 189 Å². The molecule has 3 aromatic carbocycles. The lowest BCUT2D eigenvalue weighted by Crippen LogP contribution is -2.29. The molecule has 1 amide bonds. The first-order valence-corrected chi connectivity index (χ1v) is 11.8. The van der Waals surface area contributed by atoms with Gasteiger partial charge in [-0.1, -0.05) is 91.7 Å². The van der Waals surface area contributed by atoms with Crippen molar-refractivity contribution in [3.05, 3.63) is 96.1 Å². The summed E-state index contributed by atoms with van der Waals surface area (Å²) >= 11 is 0. The molecule has 3 atom stereocenters. The van der Waals surface area contributed by atoms with Gasteiger partial charge >= 0.3 is 0 Å². The van der Waals surface area contributed by atoms with Crippen LogP contribution < -0.4 is 0 Å². The molecule has 2 fully saturated rings. The van der Waals surface area contributed by atoms with Gasteiger partial charge in [-0.15, -0.1) is 0 Å². The zero-order valence-electron chi connectivity index (χ0n) is 18.2. The van der Waals surface area contributed by atoms with Crippen molar-refractivity contribution in [3.63, 3.8) is 0 Å². The predicted octanol–water partition coefficient (Wildman–Crippen LogP) is 6.72. The maximum Gasteiger partial charge on any atom is 0.226 e. The number of para-hydroxylation sites is 1. The van der Waals surface area contributed by atoms with Gasteiger partial charge < -0.3 is 9.88 Å². The molecule has 1 saturated heterocycles. The van der Waals surface area contributed by atoms with Gasteiger partial charge in [0.05, 0.1) is 11.7 Å². The SMILES string of the molecule is O=C1C2CCCCC2C(c2c(-c3ccccc3)[nH]c3ccccc23)N1Cc1ccccc1. The van der Waals surface area contributed by atoms with Crippen molar-refractivity contribution >= 4 is 16.8 Å². The van der Waals surface area contributed by atoms with Gasteiger partial charge in [-0.25, -0.2) is 0 Å². The standard InChI is InChI=1S/C29H28N2O/c32-29-23-16-8-7-15-22(23)28(31(29)19-20-11-3-1-4-12-20)26-24-17-9-10-18-25(24)30-27(26)21-13-5-2-6-14-21/h1-6,9-14,17-18,22-23,28,30H,7-8,15-16,19H2. The molecule has 1 aliphatic heterocycles. The molecule has 1 saturated carbocycles. The van der Waals surface area contributed by atoms with Crippen molar-refractivity contribution in [2.24, 2.45) is 11.8 Å². The van der Waals surface area contributed by atoms with Crippen LogP contribution in [0.25, 0.3) is 22.2 Å². The Morgan fingerprint density at radius 3 is 2.31 bits per heavy atom. The van der Waals surface area contributed by atoms with E-state index in [0.29, 0.717) is 18.4 Å². The summed E-state index contributed by atoms with van der Waals surface area (Å²) in [5.74, 6) is 0.865. The molecule has 0 radical (unpaired) electrons. The Hall–Kier alpha value is -3.33. The molecule has 0 bridgehead atoms. The summed E-state index contributed by atoms with van der Waals surface area (Å²) in [5.41, 5.74) is 5.99. The van der Waals surface area contributed by atoms with Gasteiger partial charge in [0.1, 0.15) is 0 Å². The van der Waals surface area contributed by atoms with Crippen LogP contribution in [0.2, 0.25) is 0 Å². The number of fused-ring (bicyclic) bond motifs is 2. The number of rotatable bonds is 4. The molecule has 160 valence electrons. The highest BCUT2D eigenvalue weighted by Gasteiger charge is 2.50. The molecule has 4 aromatic rings. The van der Waals surface area contributed by atoms with Crippen molar-refractivity contribution in [1.82, 2.24) is 9.88 Å².